The lowest BCUT2D eigenvalue weighted by molar-refractivity contribution is -0.116. The van der Waals surface area contributed by atoms with E-state index in [0.29, 0.717) is 13.0 Å². The lowest BCUT2D eigenvalue weighted by Crippen LogP contribution is -2.22. The molecule has 0 aliphatic carbocycles. The number of rotatable bonds is 3. The SMILES string of the molecule is [CH]C(=O)NCCc1ccccn1. The van der Waals surface area contributed by atoms with E-state index in [0.717, 1.165) is 5.69 Å². The number of amides is 1. The normalized spacial score (nSPS) is 9.42. The smallest absolute Gasteiger partial charge is 0.224 e. The lowest BCUT2D eigenvalue weighted by atomic mass is 10.3. The highest BCUT2D eigenvalue weighted by Crippen LogP contribution is 1.92. The molecule has 1 amide bonds. The highest BCUT2D eigenvalue weighted by atomic mass is 16.1. The van der Waals surface area contributed by atoms with Gasteiger partial charge in [0, 0.05) is 24.9 Å². The summed E-state index contributed by atoms with van der Waals surface area (Å²) in [7, 11) is 0. The third kappa shape index (κ3) is 3.14. The Morgan fingerprint density at radius 3 is 3.00 bits per heavy atom. The van der Waals surface area contributed by atoms with E-state index in [2.05, 4.69) is 10.3 Å². The molecule has 3 nitrogen and oxygen atoms in total. The van der Waals surface area contributed by atoms with Crippen LogP contribution < -0.4 is 5.32 Å². The van der Waals surface area contributed by atoms with Crippen LogP contribution in [-0.4, -0.2) is 17.4 Å². The number of nitrogens with one attached hydrogen (secondary N) is 1. The molecular weight excluding hydrogens is 152 g/mol. The minimum Gasteiger partial charge on any atom is -0.355 e. The van der Waals surface area contributed by atoms with Crippen molar-refractivity contribution in [3.63, 3.8) is 0 Å². The first-order valence-electron chi connectivity index (χ1n) is 3.72. The molecule has 0 spiro atoms. The second kappa shape index (κ2) is 4.49. The molecule has 0 aliphatic rings. The van der Waals surface area contributed by atoms with Crippen LogP contribution in [0, 0.1) is 6.92 Å². The maximum atomic E-state index is 10.3. The molecule has 0 atom stereocenters. The molecule has 12 heavy (non-hydrogen) atoms. The number of nitrogens with zero attached hydrogens (tertiary/aromatic N) is 1. The predicted octanol–water partition coefficient (Wildman–Crippen LogP) is 0.451. The van der Waals surface area contributed by atoms with Gasteiger partial charge in [-0.1, -0.05) is 6.07 Å². The van der Waals surface area contributed by atoms with E-state index in [1.54, 1.807) is 6.20 Å². The van der Waals surface area contributed by atoms with Crippen molar-refractivity contribution in [1.82, 2.24) is 10.3 Å². The molecule has 0 aliphatic heterocycles. The van der Waals surface area contributed by atoms with Gasteiger partial charge in [0.25, 0.3) is 0 Å². The number of aromatic nitrogens is 1. The molecular formula is C9H10N2O. The van der Waals surface area contributed by atoms with Crippen LogP contribution in [0.25, 0.3) is 0 Å². The van der Waals surface area contributed by atoms with E-state index in [1.807, 2.05) is 18.2 Å². The van der Waals surface area contributed by atoms with Crippen molar-refractivity contribution in [2.24, 2.45) is 0 Å². The van der Waals surface area contributed by atoms with E-state index in [1.165, 1.54) is 0 Å². The summed E-state index contributed by atoms with van der Waals surface area (Å²) in [6.45, 7) is 5.42. The van der Waals surface area contributed by atoms with Crippen LogP contribution >= 0.6 is 0 Å². The predicted molar refractivity (Wildman–Crippen MR) is 45.3 cm³/mol. The highest BCUT2D eigenvalue weighted by molar-refractivity contribution is 5.79. The van der Waals surface area contributed by atoms with Gasteiger partial charge in [0.05, 0.1) is 6.92 Å². The van der Waals surface area contributed by atoms with Crippen LogP contribution in [0.15, 0.2) is 24.4 Å². The fourth-order valence-electron chi connectivity index (χ4n) is 0.860. The quantitative estimate of drug-likeness (QED) is 0.701. The molecule has 1 heterocycles. The average molecular weight is 162 g/mol. The van der Waals surface area contributed by atoms with E-state index in [4.69, 9.17) is 6.92 Å². The molecule has 1 rings (SSSR count). The van der Waals surface area contributed by atoms with Crippen molar-refractivity contribution < 1.29 is 4.79 Å². The zero-order valence-corrected chi connectivity index (χ0v) is 6.66. The van der Waals surface area contributed by atoms with E-state index in [9.17, 15) is 4.79 Å². The van der Waals surface area contributed by atoms with Crippen LogP contribution in [-0.2, 0) is 11.2 Å². The summed E-state index contributed by atoms with van der Waals surface area (Å²) >= 11 is 0. The summed E-state index contributed by atoms with van der Waals surface area (Å²) in [6, 6.07) is 5.67. The molecule has 0 unspecified atom stereocenters. The van der Waals surface area contributed by atoms with Crippen LogP contribution in [0.3, 0.4) is 0 Å². The Bertz CT molecular complexity index is 246. The first kappa shape index (κ1) is 8.71. The number of carbonyl (C=O) groups is 1. The van der Waals surface area contributed by atoms with Crippen molar-refractivity contribution in [1.29, 1.82) is 0 Å². The summed E-state index contributed by atoms with van der Waals surface area (Å²) < 4.78 is 0. The van der Waals surface area contributed by atoms with E-state index < -0.39 is 5.91 Å². The van der Waals surface area contributed by atoms with Gasteiger partial charge in [-0.05, 0) is 12.1 Å². The average Bonchev–Trinajstić information content (AvgIpc) is 2.05. The Morgan fingerprint density at radius 1 is 1.58 bits per heavy atom. The van der Waals surface area contributed by atoms with E-state index >= 15 is 0 Å². The van der Waals surface area contributed by atoms with Gasteiger partial charge >= 0.3 is 0 Å². The Labute approximate surface area is 71.8 Å². The Hall–Kier alpha value is -1.38. The molecule has 3 heteroatoms. The van der Waals surface area contributed by atoms with Gasteiger partial charge in [-0.15, -0.1) is 0 Å². The molecule has 0 saturated carbocycles. The summed E-state index contributed by atoms with van der Waals surface area (Å²) in [5.74, 6) is -0.495. The summed E-state index contributed by atoms with van der Waals surface area (Å²) in [6.07, 6.45) is 2.43. The Kier molecular flexibility index (Phi) is 3.26. The third-order valence-corrected chi connectivity index (χ3v) is 1.41. The van der Waals surface area contributed by atoms with Gasteiger partial charge in [0.2, 0.25) is 5.91 Å². The Balaban J connectivity index is 2.29. The van der Waals surface area contributed by atoms with Crippen molar-refractivity contribution in [3.8, 4) is 0 Å². The molecule has 0 aromatic carbocycles. The summed E-state index contributed by atoms with van der Waals surface area (Å²) in [5, 5.41) is 2.49. The molecule has 62 valence electrons. The molecule has 0 saturated heterocycles. The molecule has 1 N–H and O–H groups in total. The maximum absolute atomic E-state index is 10.3. The maximum Gasteiger partial charge on any atom is 0.224 e. The molecule has 1 aromatic rings. The van der Waals surface area contributed by atoms with Gasteiger partial charge in [-0.25, -0.2) is 0 Å². The highest BCUT2D eigenvalue weighted by Gasteiger charge is 1.93. The van der Waals surface area contributed by atoms with Gasteiger partial charge < -0.3 is 5.32 Å². The van der Waals surface area contributed by atoms with Crippen LogP contribution in [0.1, 0.15) is 5.69 Å². The van der Waals surface area contributed by atoms with Crippen molar-refractivity contribution >= 4 is 5.91 Å². The minimum atomic E-state index is -0.495. The summed E-state index contributed by atoms with van der Waals surface area (Å²) in [5.41, 5.74) is 0.950. The minimum absolute atomic E-state index is 0.495. The topological polar surface area (TPSA) is 42.0 Å². The van der Waals surface area contributed by atoms with Crippen molar-refractivity contribution in [3.05, 3.63) is 37.0 Å². The van der Waals surface area contributed by atoms with Crippen LogP contribution in [0.5, 0.6) is 0 Å². The van der Waals surface area contributed by atoms with Crippen LogP contribution in [0.2, 0.25) is 0 Å². The zero-order valence-electron chi connectivity index (χ0n) is 6.66. The monoisotopic (exact) mass is 162 g/mol. The van der Waals surface area contributed by atoms with Crippen molar-refractivity contribution in [2.75, 3.05) is 6.54 Å². The number of hydrogen-bond donors (Lipinski definition) is 1. The molecule has 0 bridgehead atoms. The molecule has 2 radical (unpaired) electrons. The number of carbonyl (C=O) groups excluding carboxylic acids is 1. The first-order chi connectivity index (χ1) is 5.79. The largest absolute Gasteiger partial charge is 0.355 e. The second-order valence-electron chi connectivity index (χ2n) is 2.36. The third-order valence-electron chi connectivity index (χ3n) is 1.41. The molecule has 1 aromatic heterocycles. The van der Waals surface area contributed by atoms with E-state index in [-0.39, 0.29) is 0 Å². The summed E-state index contributed by atoms with van der Waals surface area (Å²) in [4.78, 5) is 14.4. The van der Waals surface area contributed by atoms with Gasteiger partial charge in [0.15, 0.2) is 0 Å². The standard InChI is InChI=1S/C9H10N2O/c1-8(12)10-7-5-9-4-2-3-6-11-9/h1-4,6H,5,7H2,(H,10,12). The number of pyridine rings is 1. The van der Waals surface area contributed by atoms with Gasteiger partial charge in [-0.2, -0.15) is 0 Å². The lowest BCUT2D eigenvalue weighted by Gasteiger charge is -2.00. The zero-order chi connectivity index (χ0) is 8.81. The number of hydrogen-bond acceptors (Lipinski definition) is 2. The van der Waals surface area contributed by atoms with Gasteiger partial charge in [0.1, 0.15) is 0 Å². The molecule has 0 fully saturated rings. The fourth-order valence-corrected chi connectivity index (χ4v) is 0.860. The van der Waals surface area contributed by atoms with Crippen LogP contribution in [0.4, 0.5) is 0 Å². The Morgan fingerprint density at radius 2 is 2.42 bits per heavy atom. The van der Waals surface area contributed by atoms with Gasteiger partial charge in [-0.3, -0.25) is 9.78 Å². The first-order valence-corrected chi connectivity index (χ1v) is 3.72. The van der Waals surface area contributed by atoms with Crippen molar-refractivity contribution in [2.45, 2.75) is 6.42 Å². The second-order valence-corrected chi connectivity index (χ2v) is 2.36. The fraction of sp³-hybridized carbons (Fsp3) is 0.222.